The van der Waals surface area contributed by atoms with Crippen molar-refractivity contribution in [2.75, 3.05) is 0 Å². The van der Waals surface area contributed by atoms with Gasteiger partial charge in [0.15, 0.2) is 17.5 Å². The minimum absolute atomic E-state index is 0.250. The van der Waals surface area contributed by atoms with E-state index in [0.29, 0.717) is 34.5 Å². The van der Waals surface area contributed by atoms with E-state index in [-0.39, 0.29) is 5.41 Å². The summed E-state index contributed by atoms with van der Waals surface area (Å²) in [7, 11) is 0. The molecule has 0 radical (unpaired) electrons. The van der Waals surface area contributed by atoms with Gasteiger partial charge in [0.2, 0.25) is 0 Å². The average Bonchev–Trinajstić information content (AvgIpc) is 3.66. The smallest absolute Gasteiger partial charge is 0.164 e. The number of nitriles is 1. The van der Waals surface area contributed by atoms with Gasteiger partial charge in [-0.3, -0.25) is 0 Å². The van der Waals surface area contributed by atoms with Gasteiger partial charge in [-0.05, 0) is 62.7 Å². The van der Waals surface area contributed by atoms with E-state index in [1.807, 2.05) is 42.5 Å². The quantitative estimate of drug-likeness (QED) is 0.183. The number of aromatic nitrogens is 3. The molecule has 7 aromatic carbocycles. The van der Waals surface area contributed by atoms with Crippen molar-refractivity contribution in [2.45, 2.75) is 24.7 Å². The minimum atomic E-state index is -0.646. The molecule has 0 saturated carbocycles. The van der Waals surface area contributed by atoms with Crippen LogP contribution in [0.15, 0.2) is 158 Å². The molecule has 1 aromatic heterocycles. The van der Waals surface area contributed by atoms with Crippen LogP contribution in [0.4, 0.5) is 0 Å². The van der Waals surface area contributed by atoms with Crippen molar-refractivity contribution in [2.24, 2.45) is 0 Å². The van der Waals surface area contributed by atoms with Crippen molar-refractivity contribution in [3.8, 4) is 74.0 Å². The summed E-state index contributed by atoms with van der Waals surface area (Å²) in [6.07, 6.45) is 0. The standard InChI is InChI=1S/C50H32N4O/c1-49(2)38-20-9-6-17-35(38)36-18-12-19-37(45(36)49)48-53-46(31-13-4-3-5-14-31)52-47(54-48)32-24-26-42-44(28-32)55-43-27-30(29-51)23-25-41(43)50(42)39-21-10-7-15-33(39)34-16-8-11-22-40(34)50/h3-28H,1-2H3. The number of benzene rings is 7. The van der Waals surface area contributed by atoms with Gasteiger partial charge >= 0.3 is 0 Å². The first-order chi connectivity index (χ1) is 27.0. The first-order valence-electron chi connectivity index (χ1n) is 18.6. The molecule has 8 aromatic rings. The molecular formula is C50H32N4O. The lowest BCUT2D eigenvalue weighted by Crippen LogP contribution is -2.32. The van der Waals surface area contributed by atoms with E-state index in [2.05, 4.69) is 135 Å². The van der Waals surface area contributed by atoms with Crippen LogP contribution >= 0.6 is 0 Å². The minimum Gasteiger partial charge on any atom is -0.457 e. The van der Waals surface area contributed by atoms with Gasteiger partial charge in [-0.2, -0.15) is 5.26 Å². The summed E-state index contributed by atoms with van der Waals surface area (Å²) in [5, 5.41) is 9.95. The molecule has 3 aliphatic rings. The lowest BCUT2D eigenvalue weighted by atomic mass is 9.66. The van der Waals surface area contributed by atoms with Gasteiger partial charge in [0.1, 0.15) is 11.5 Å². The molecule has 1 aliphatic heterocycles. The molecule has 0 fully saturated rings. The highest BCUT2D eigenvalue weighted by Gasteiger charge is 2.51. The molecule has 5 nitrogen and oxygen atoms in total. The van der Waals surface area contributed by atoms with Crippen LogP contribution in [-0.2, 0) is 10.8 Å². The van der Waals surface area contributed by atoms with Crippen LogP contribution in [0.3, 0.4) is 0 Å². The van der Waals surface area contributed by atoms with Crippen molar-refractivity contribution in [3.05, 3.63) is 197 Å². The molecule has 0 unspecified atom stereocenters. The fourth-order valence-electron chi connectivity index (χ4n) is 9.50. The fraction of sp³-hybridized carbons (Fsp3) is 0.0800. The summed E-state index contributed by atoms with van der Waals surface area (Å²) in [5.41, 5.74) is 14.1. The second-order valence-electron chi connectivity index (χ2n) is 15.0. The molecule has 55 heavy (non-hydrogen) atoms. The lowest BCUT2D eigenvalue weighted by Gasteiger charge is -2.39. The van der Waals surface area contributed by atoms with Crippen molar-refractivity contribution in [3.63, 3.8) is 0 Å². The first-order valence-corrected chi connectivity index (χ1v) is 18.6. The summed E-state index contributed by atoms with van der Waals surface area (Å²) in [5.74, 6) is 3.15. The highest BCUT2D eigenvalue weighted by molar-refractivity contribution is 5.90. The second kappa shape index (κ2) is 11.4. The van der Waals surface area contributed by atoms with Crippen LogP contribution in [0.5, 0.6) is 11.5 Å². The van der Waals surface area contributed by atoms with E-state index in [4.69, 9.17) is 19.7 Å². The summed E-state index contributed by atoms with van der Waals surface area (Å²) < 4.78 is 6.83. The van der Waals surface area contributed by atoms with Crippen LogP contribution in [0.2, 0.25) is 0 Å². The van der Waals surface area contributed by atoms with Gasteiger partial charge in [0.05, 0.1) is 17.0 Å². The van der Waals surface area contributed by atoms with Crippen molar-refractivity contribution >= 4 is 0 Å². The maximum Gasteiger partial charge on any atom is 0.164 e. The van der Waals surface area contributed by atoms with E-state index in [0.717, 1.165) is 27.8 Å². The SMILES string of the molecule is CC1(C)c2ccccc2-c2cccc(-c3nc(-c4ccccc4)nc(-c4ccc5c(c4)Oc4cc(C#N)ccc4C54c5ccccc5-c5ccccc54)n3)c21. The van der Waals surface area contributed by atoms with Gasteiger partial charge in [0, 0.05) is 33.2 Å². The zero-order valence-electron chi connectivity index (χ0n) is 30.2. The topological polar surface area (TPSA) is 71.7 Å². The Balaban J connectivity index is 1.15. The van der Waals surface area contributed by atoms with E-state index in [1.54, 1.807) is 0 Å². The van der Waals surface area contributed by atoms with Crippen LogP contribution in [-0.4, -0.2) is 15.0 Å². The Labute approximate surface area is 319 Å². The van der Waals surface area contributed by atoms with E-state index < -0.39 is 5.41 Å². The van der Waals surface area contributed by atoms with Crippen molar-refractivity contribution in [1.29, 1.82) is 5.26 Å². The predicted octanol–water partition coefficient (Wildman–Crippen LogP) is 11.5. The van der Waals surface area contributed by atoms with Gasteiger partial charge in [-0.25, -0.2) is 15.0 Å². The molecule has 0 saturated heterocycles. The van der Waals surface area contributed by atoms with Crippen molar-refractivity contribution < 1.29 is 4.74 Å². The molecule has 0 N–H and O–H groups in total. The molecule has 5 heteroatoms. The molecule has 258 valence electrons. The molecular weight excluding hydrogens is 673 g/mol. The van der Waals surface area contributed by atoms with E-state index >= 15 is 0 Å². The zero-order valence-corrected chi connectivity index (χ0v) is 30.2. The third-order valence-electron chi connectivity index (χ3n) is 11.8. The van der Waals surface area contributed by atoms with Gasteiger partial charge in [-0.15, -0.1) is 0 Å². The summed E-state index contributed by atoms with van der Waals surface area (Å²) in [6.45, 7) is 4.57. The van der Waals surface area contributed by atoms with Gasteiger partial charge in [0.25, 0.3) is 0 Å². The average molecular weight is 705 g/mol. The molecule has 1 spiro atoms. The van der Waals surface area contributed by atoms with Crippen molar-refractivity contribution in [1.82, 2.24) is 15.0 Å². The van der Waals surface area contributed by atoms with Crippen LogP contribution in [0, 0.1) is 11.3 Å². The number of fused-ring (bicyclic) bond motifs is 12. The third-order valence-corrected chi connectivity index (χ3v) is 11.8. The molecule has 0 bridgehead atoms. The number of hydrogen-bond acceptors (Lipinski definition) is 5. The van der Waals surface area contributed by atoms with Crippen LogP contribution < -0.4 is 4.74 Å². The molecule has 11 rings (SSSR count). The molecule has 2 aliphatic carbocycles. The fourth-order valence-corrected chi connectivity index (χ4v) is 9.50. The maximum atomic E-state index is 9.95. The Bertz CT molecular complexity index is 2910. The number of hydrogen-bond donors (Lipinski definition) is 0. The summed E-state index contributed by atoms with van der Waals surface area (Å²) in [6, 6.07) is 57.0. The summed E-state index contributed by atoms with van der Waals surface area (Å²) >= 11 is 0. The van der Waals surface area contributed by atoms with E-state index in [9.17, 15) is 5.26 Å². The van der Waals surface area contributed by atoms with Crippen LogP contribution in [0.1, 0.15) is 52.8 Å². The first kappa shape index (κ1) is 31.4. The Morgan fingerprint density at radius 2 is 0.982 bits per heavy atom. The van der Waals surface area contributed by atoms with Crippen LogP contribution in [0.25, 0.3) is 56.4 Å². The third kappa shape index (κ3) is 4.31. The monoisotopic (exact) mass is 704 g/mol. The number of rotatable bonds is 3. The van der Waals surface area contributed by atoms with E-state index in [1.165, 1.54) is 44.5 Å². The zero-order chi connectivity index (χ0) is 36.9. The molecule has 0 amide bonds. The highest BCUT2D eigenvalue weighted by Crippen LogP contribution is 2.62. The summed E-state index contributed by atoms with van der Waals surface area (Å²) in [4.78, 5) is 15.6. The molecule has 2 heterocycles. The largest absolute Gasteiger partial charge is 0.457 e. The Hall–Kier alpha value is -7.16. The lowest BCUT2D eigenvalue weighted by molar-refractivity contribution is 0.436. The van der Waals surface area contributed by atoms with Gasteiger partial charge in [-0.1, -0.05) is 153 Å². The Kier molecular flexibility index (Phi) is 6.51. The Morgan fingerprint density at radius 1 is 0.455 bits per heavy atom. The van der Waals surface area contributed by atoms with Gasteiger partial charge < -0.3 is 4.74 Å². The predicted molar refractivity (Wildman–Crippen MR) is 216 cm³/mol. The normalized spacial score (nSPS) is 14.4. The second-order valence-corrected chi connectivity index (χ2v) is 15.0. The number of nitrogens with zero attached hydrogens (tertiary/aromatic N) is 4. The maximum absolute atomic E-state index is 9.95. The number of ether oxygens (including phenoxy) is 1. The Morgan fingerprint density at radius 3 is 1.67 bits per heavy atom. The molecule has 0 atom stereocenters. The highest BCUT2D eigenvalue weighted by atomic mass is 16.5.